The number of carbonyl (C=O) groups is 1. The smallest absolute Gasteiger partial charge is 0.294 e. The molecule has 0 saturated carbocycles. The summed E-state index contributed by atoms with van der Waals surface area (Å²) in [5.41, 5.74) is 8.71. The predicted octanol–water partition coefficient (Wildman–Crippen LogP) is 1.63. The topological polar surface area (TPSA) is 180 Å². The van der Waals surface area contributed by atoms with Gasteiger partial charge in [-0.05, 0) is 21.8 Å². The Bertz CT molecular complexity index is 1250. The number of amides is 1. The number of nitrogens with zero attached hydrogens (tertiary/aromatic N) is 7. The summed E-state index contributed by atoms with van der Waals surface area (Å²) < 4.78 is 5.85. The van der Waals surface area contributed by atoms with E-state index in [-0.39, 0.29) is 23.0 Å². The number of carbonyl (C=O) groups excluding carboxylic acids is 1. The third-order valence-corrected chi connectivity index (χ3v) is 4.67. The van der Waals surface area contributed by atoms with E-state index in [0.29, 0.717) is 16.1 Å². The van der Waals surface area contributed by atoms with Gasteiger partial charge in [0.1, 0.15) is 5.69 Å². The molecule has 0 fully saturated rings. The number of thiophene rings is 1. The number of nitrogens with two attached hydrogens (primary N) is 1. The summed E-state index contributed by atoms with van der Waals surface area (Å²) >= 11 is 1.35. The molecule has 0 radical (unpaired) electrons. The summed E-state index contributed by atoms with van der Waals surface area (Å²) in [5, 5.41) is 31.5. The van der Waals surface area contributed by atoms with Crippen molar-refractivity contribution in [2.45, 2.75) is 0 Å². The minimum atomic E-state index is -0.652. The second kappa shape index (κ2) is 7.88. The first kappa shape index (κ1) is 18.9. The summed E-state index contributed by atoms with van der Waals surface area (Å²) in [6.45, 7) is 0. The molecular weight excluding hydrogens is 414 g/mol. The second-order valence-electron chi connectivity index (χ2n) is 5.70. The van der Waals surface area contributed by atoms with Crippen LogP contribution in [0, 0.1) is 10.1 Å². The van der Waals surface area contributed by atoms with Crippen LogP contribution in [0.4, 0.5) is 11.5 Å². The highest BCUT2D eigenvalue weighted by Crippen LogP contribution is 2.29. The van der Waals surface area contributed by atoms with Gasteiger partial charge in [-0.15, -0.1) is 16.4 Å². The summed E-state index contributed by atoms with van der Waals surface area (Å²) in [4.78, 5) is 23.7. The van der Waals surface area contributed by atoms with Crippen LogP contribution < -0.4 is 11.2 Å². The standard InChI is InChI=1S/C16H11N9O4S/c17-14-15(22-29-21-14)24-13(11-5-2-6-30-11)12(19-23-24)16(26)20-18-8-9-3-1-4-10(7-9)25(27)28/h1-8H,(H2,17,21)(H,20,26)/b18-8-. The van der Waals surface area contributed by atoms with Crippen molar-refractivity contribution < 1.29 is 14.3 Å². The Balaban J connectivity index is 1.62. The average molecular weight is 425 g/mol. The van der Waals surface area contributed by atoms with Gasteiger partial charge in [-0.3, -0.25) is 14.9 Å². The van der Waals surface area contributed by atoms with Crippen LogP contribution in [-0.2, 0) is 0 Å². The van der Waals surface area contributed by atoms with E-state index in [2.05, 4.69) is 35.8 Å². The first-order valence-electron chi connectivity index (χ1n) is 8.20. The fourth-order valence-electron chi connectivity index (χ4n) is 2.49. The second-order valence-corrected chi connectivity index (χ2v) is 6.65. The summed E-state index contributed by atoms with van der Waals surface area (Å²) in [7, 11) is 0. The molecule has 0 aliphatic rings. The molecule has 0 saturated heterocycles. The van der Waals surface area contributed by atoms with E-state index in [9.17, 15) is 14.9 Å². The van der Waals surface area contributed by atoms with Gasteiger partial charge in [0, 0.05) is 17.7 Å². The van der Waals surface area contributed by atoms with Crippen molar-refractivity contribution in [3.8, 4) is 16.4 Å². The van der Waals surface area contributed by atoms with E-state index in [1.165, 1.54) is 40.4 Å². The van der Waals surface area contributed by atoms with E-state index < -0.39 is 10.8 Å². The molecule has 150 valence electrons. The van der Waals surface area contributed by atoms with Crippen LogP contribution in [0.3, 0.4) is 0 Å². The van der Waals surface area contributed by atoms with Gasteiger partial charge in [0.25, 0.3) is 11.6 Å². The Labute approximate surface area is 170 Å². The van der Waals surface area contributed by atoms with Crippen LogP contribution in [0.15, 0.2) is 51.5 Å². The number of non-ortho nitro benzene ring substituents is 1. The lowest BCUT2D eigenvalue weighted by Gasteiger charge is -2.03. The molecule has 3 N–H and O–H groups in total. The lowest BCUT2D eigenvalue weighted by atomic mass is 10.2. The fraction of sp³-hybridized carbons (Fsp3) is 0. The number of benzene rings is 1. The fourth-order valence-corrected chi connectivity index (χ4v) is 3.25. The van der Waals surface area contributed by atoms with Gasteiger partial charge in [-0.1, -0.05) is 23.4 Å². The van der Waals surface area contributed by atoms with Crippen molar-refractivity contribution >= 4 is 35.0 Å². The third-order valence-electron chi connectivity index (χ3n) is 3.80. The molecule has 0 bridgehead atoms. The number of anilines is 1. The average Bonchev–Trinajstić information content (AvgIpc) is 3.48. The summed E-state index contributed by atoms with van der Waals surface area (Å²) in [5.74, 6) is -0.584. The van der Waals surface area contributed by atoms with E-state index in [0.717, 1.165) is 0 Å². The van der Waals surface area contributed by atoms with Crippen LogP contribution in [0.5, 0.6) is 0 Å². The Kier molecular flexibility index (Phi) is 4.96. The van der Waals surface area contributed by atoms with E-state index in [1.54, 1.807) is 18.2 Å². The maximum absolute atomic E-state index is 12.7. The Morgan fingerprint density at radius 1 is 1.33 bits per heavy atom. The van der Waals surface area contributed by atoms with Crippen molar-refractivity contribution in [1.29, 1.82) is 0 Å². The minimum Gasteiger partial charge on any atom is -0.378 e. The molecule has 4 rings (SSSR count). The zero-order valence-corrected chi connectivity index (χ0v) is 15.7. The molecule has 0 atom stereocenters. The summed E-state index contributed by atoms with van der Waals surface area (Å²) in [6, 6.07) is 9.36. The Morgan fingerprint density at radius 2 is 2.20 bits per heavy atom. The number of hydrazone groups is 1. The molecule has 0 spiro atoms. The molecule has 3 aromatic heterocycles. The van der Waals surface area contributed by atoms with Crippen LogP contribution >= 0.6 is 11.3 Å². The number of nitrogens with one attached hydrogen (secondary N) is 1. The minimum absolute atomic E-state index is 0.0200. The quantitative estimate of drug-likeness (QED) is 0.263. The Hall–Kier alpha value is -4.46. The van der Waals surface area contributed by atoms with Crippen LogP contribution in [0.1, 0.15) is 16.1 Å². The van der Waals surface area contributed by atoms with E-state index >= 15 is 0 Å². The molecule has 30 heavy (non-hydrogen) atoms. The highest BCUT2D eigenvalue weighted by atomic mass is 32.1. The monoisotopic (exact) mass is 425 g/mol. The number of hydrogen-bond donors (Lipinski definition) is 2. The first-order valence-corrected chi connectivity index (χ1v) is 9.08. The molecule has 1 aromatic carbocycles. The zero-order chi connectivity index (χ0) is 21.1. The van der Waals surface area contributed by atoms with Crippen molar-refractivity contribution in [2.24, 2.45) is 5.10 Å². The number of nitro groups is 1. The molecule has 13 nitrogen and oxygen atoms in total. The van der Waals surface area contributed by atoms with Crippen molar-refractivity contribution in [1.82, 2.24) is 30.7 Å². The van der Waals surface area contributed by atoms with Gasteiger partial charge in [0.2, 0.25) is 11.6 Å². The molecule has 14 heteroatoms. The predicted molar refractivity (Wildman–Crippen MR) is 105 cm³/mol. The SMILES string of the molecule is Nc1nonc1-n1nnc(C(=O)N/N=C\c2cccc([N+](=O)[O-])c2)c1-c1cccs1. The Morgan fingerprint density at radius 3 is 2.90 bits per heavy atom. The molecular formula is C16H11N9O4S. The molecule has 0 aliphatic carbocycles. The first-order chi connectivity index (χ1) is 14.5. The molecule has 0 unspecified atom stereocenters. The maximum atomic E-state index is 12.7. The van der Waals surface area contributed by atoms with Crippen LogP contribution in [0.25, 0.3) is 16.4 Å². The van der Waals surface area contributed by atoms with Gasteiger partial charge in [0.15, 0.2) is 5.69 Å². The third kappa shape index (κ3) is 3.61. The number of hydrogen-bond acceptors (Lipinski definition) is 11. The molecule has 1 amide bonds. The number of nitro benzene ring substituents is 1. The number of rotatable bonds is 6. The van der Waals surface area contributed by atoms with Crippen molar-refractivity contribution in [2.75, 3.05) is 5.73 Å². The molecule has 3 heterocycles. The maximum Gasteiger partial charge on any atom is 0.294 e. The highest BCUT2D eigenvalue weighted by Gasteiger charge is 2.25. The number of aromatic nitrogens is 5. The van der Waals surface area contributed by atoms with Crippen molar-refractivity contribution in [3.63, 3.8) is 0 Å². The lowest BCUT2D eigenvalue weighted by molar-refractivity contribution is -0.384. The zero-order valence-electron chi connectivity index (χ0n) is 14.9. The van der Waals surface area contributed by atoms with Crippen LogP contribution in [-0.4, -0.2) is 42.4 Å². The molecule has 4 aromatic rings. The highest BCUT2D eigenvalue weighted by molar-refractivity contribution is 7.13. The van der Waals surface area contributed by atoms with Gasteiger partial charge in [-0.2, -0.15) is 9.78 Å². The van der Waals surface area contributed by atoms with Crippen molar-refractivity contribution in [3.05, 3.63) is 63.1 Å². The van der Waals surface area contributed by atoms with Crippen LogP contribution in [0.2, 0.25) is 0 Å². The van der Waals surface area contributed by atoms with E-state index in [4.69, 9.17) is 5.73 Å². The van der Waals surface area contributed by atoms with Gasteiger partial charge < -0.3 is 5.73 Å². The van der Waals surface area contributed by atoms with Gasteiger partial charge >= 0.3 is 0 Å². The van der Waals surface area contributed by atoms with Gasteiger partial charge in [-0.25, -0.2) is 10.1 Å². The molecule has 0 aliphatic heterocycles. The van der Waals surface area contributed by atoms with Gasteiger partial charge in [0.05, 0.1) is 16.0 Å². The lowest BCUT2D eigenvalue weighted by Crippen LogP contribution is -2.19. The normalized spacial score (nSPS) is 11.1. The largest absolute Gasteiger partial charge is 0.378 e. The summed E-state index contributed by atoms with van der Waals surface area (Å²) in [6.07, 6.45) is 1.28. The number of nitrogen functional groups attached to an aromatic ring is 1. The van der Waals surface area contributed by atoms with E-state index in [1.807, 2.05) is 5.38 Å².